The smallest absolute Gasteiger partial charge is 0.325 e. The number of benzene rings is 1. The minimum atomic E-state index is -4.69. The summed E-state index contributed by atoms with van der Waals surface area (Å²) in [5.41, 5.74) is 0.580. The van der Waals surface area contributed by atoms with E-state index in [1.54, 1.807) is 17.5 Å². The first kappa shape index (κ1) is 22.1. The maximum Gasteiger partial charge on any atom is 0.341 e. The molecule has 0 saturated heterocycles. The number of aromatic nitrogens is 2. The molecule has 1 aromatic carbocycles. The maximum atomic E-state index is 12.6. The van der Waals surface area contributed by atoms with E-state index in [0.29, 0.717) is 15.4 Å². The number of hydrogen-bond acceptors (Lipinski definition) is 7. The summed E-state index contributed by atoms with van der Waals surface area (Å²) >= 11 is 2.34. The molecular formula is C18H15F2N3O4S3. The Balaban J connectivity index is 1.71. The molecule has 0 saturated carbocycles. The molecule has 0 unspecified atom stereocenters. The van der Waals surface area contributed by atoms with Crippen LogP contribution in [0.2, 0.25) is 0 Å². The Morgan fingerprint density at radius 3 is 2.63 bits per heavy atom. The number of sulfone groups is 1. The molecule has 2 aromatic heterocycles. The summed E-state index contributed by atoms with van der Waals surface area (Å²) in [5.74, 6) is -4.03. The molecule has 0 spiro atoms. The van der Waals surface area contributed by atoms with Gasteiger partial charge in [-0.2, -0.15) is 8.78 Å². The molecule has 2 heterocycles. The van der Waals surface area contributed by atoms with Crippen LogP contribution < -0.4 is 10.9 Å². The number of amides is 1. The van der Waals surface area contributed by atoms with Crippen molar-refractivity contribution in [3.05, 3.63) is 58.7 Å². The van der Waals surface area contributed by atoms with Gasteiger partial charge in [-0.25, -0.2) is 13.4 Å². The van der Waals surface area contributed by atoms with E-state index in [9.17, 15) is 26.8 Å². The average molecular weight is 472 g/mol. The predicted molar refractivity (Wildman–Crippen MR) is 113 cm³/mol. The molecule has 0 bridgehead atoms. The standard InChI is InChI=1S/C18H15F2N3O4S3/c1-2-8-23-16(25)15-13(7-9-28-15)22-18(23)29-10-14(24)21-11-3-5-12(6-4-11)30(26,27)17(19)20/h2-7,9,17H,1,8,10H2,(H,21,24). The van der Waals surface area contributed by atoms with Crippen LogP contribution in [0.5, 0.6) is 0 Å². The van der Waals surface area contributed by atoms with Crippen molar-refractivity contribution in [2.45, 2.75) is 22.4 Å². The van der Waals surface area contributed by atoms with Crippen LogP contribution in [0.15, 0.2) is 63.2 Å². The molecule has 0 fully saturated rings. The summed E-state index contributed by atoms with van der Waals surface area (Å²) in [6.45, 7) is 3.87. The van der Waals surface area contributed by atoms with Gasteiger partial charge in [0, 0.05) is 12.2 Å². The van der Waals surface area contributed by atoms with Crippen LogP contribution in [0, 0.1) is 0 Å². The molecule has 0 aliphatic rings. The quantitative estimate of drug-likeness (QED) is 0.307. The molecule has 1 amide bonds. The third-order valence-corrected chi connectivity index (χ3v) is 7.14. The van der Waals surface area contributed by atoms with Gasteiger partial charge in [-0.1, -0.05) is 17.8 Å². The zero-order chi connectivity index (χ0) is 21.9. The van der Waals surface area contributed by atoms with Gasteiger partial charge in [0.1, 0.15) is 4.70 Å². The van der Waals surface area contributed by atoms with Gasteiger partial charge in [-0.15, -0.1) is 17.9 Å². The van der Waals surface area contributed by atoms with Crippen LogP contribution in [-0.4, -0.2) is 35.4 Å². The number of hydrogen-bond donors (Lipinski definition) is 1. The fourth-order valence-corrected chi connectivity index (χ4v) is 4.79. The summed E-state index contributed by atoms with van der Waals surface area (Å²) in [5, 5.41) is 4.66. The molecule has 30 heavy (non-hydrogen) atoms. The summed E-state index contributed by atoms with van der Waals surface area (Å²) in [7, 11) is -4.69. The second kappa shape index (κ2) is 9.06. The van der Waals surface area contributed by atoms with Crippen molar-refractivity contribution in [2.24, 2.45) is 0 Å². The number of fused-ring (bicyclic) bond motifs is 1. The van der Waals surface area contributed by atoms with Crippen molar-refractivity contribution in [2.75, 3.05) is 11.1 Å². The summed E-state index contributed by atoms with van der Waals surface area (Å²) in [6, 6.07) is 6.16. The average Bonchev–Trinajstić information content (AvgIpc) is 3.18. The third-order valence-electron chi connectivity index (χ3n) is 3.88. The molecule has 7 nitrogen and oxygen atoms in total. The van der Waals surface area contributed by atoms with Crippen molar-refractivity contribution < 1.29 is 22.0 Å². The highest BCUT2D eigenvalue weighted by Gasteiger charge is 2.26. The first-order valence-corrected chi connectivity index (χ1v) is 11.8. The molecule has 0 atom stereocenters. The second-order valence-electron chi connectivity index (χ2n) is 5.90. The number of alkyl halides is 2. The molecule has 3 aromatic rings. The number of halogens is 2. The minimum absolute atomic E-state index is 0.0731. The largest absolute Gasteiger partial charge is 0.341 e. The topological polar surface area (TPSA) is 98.1 Å². The number of anilines is 1. The van der Waals surface area contributed by atoms with Crippen LogP contribution in [-0.2, 0) is 21.2 Å². The van der Waals surface area contributed by atoms with E-state index in [1.165, 1.54) is 28.0 Å². The first-order chi connectivity index (χ1) is 14.2. The number of nitrogens with one attached hydrogen (secondary N) is 1. The number of rotatable bonds is 8. The lowest BCUT2D eigenvalue weighted by atomic mass is 10.3. The Kier molecular flexibility index (Phi) is 6.68. The van der Waals surface area contributed by atoms with Gasteiger partial charge in [0.25, 0.3) is 5.56 Å². The van der Waals surface area contributed by atoms with Crippen molar-refractivity contribution in [1.29, 1.82) is 0 Å². The van der Waals surface area contributed by atoms with Crippen LogP contribution in [0.25, 0.3) is 10.2 Å². The van der Waals surface area contributed by atoms with Crippen LogP contribution in [0.1, 0.15) is 0 Å². The molecular weight excluding hydrogens is 456 g/mol. The summed E-state index contributed by atoms with van der Waals surface area (Å²) < 4.78 is 49.9. The SMILES string of the molecule is C=CCn1c(SCC(=O)Nc2ccc(S(=O)(=O)C(F)F)cc2)nc2ccsc2c1=O. The van der Waals surface area contributed by atoms with E-state index in [0.717, 1.165) is 23.9 Å². The lowest BCUT2D eigenvalue weighted by Gasteiger charge is -2.10. The second-order valence-corrected chi connectivity index (χ2v) is 9.68. The normalized spacial score (nSPS) is 11.7. The van der Waals surface area contributed by atoms with Gasteiger partial charge >= 0.3 is 5.76 Å². The van der Waals surface area contributed by atoms with E-state index < -0.39 is 26.4 Å². The van der Waals surface area contributed by atoms with Crippen LogP contribution in [0.4, 0.5) is 14.5 Å². The van der Waals surface area contributed by atoms with E-state index in [1.807, 2.05) is 0 Å². The molecule has 3 rings (SSSR count). The minimum Gasteiger partial charge on any atom is -0.325 e. The lowest BCUT2D eigenvalue weighted by Crippen LogP contribution is -2.23. The highest BCUT2D eigenvalue weighted by molar-refractivity contribution is 7.99. The van der Waals surface area contributed by atoms with Crippen molar-refractivity contribution in [3.63, 3.8) is 0 Å². The van der Waals surface area contributed by atoms with Gasteiger partial charge < -0.3 is 5.32 Å². The van der Waals surface area contributed by atoms with Crippen molar-refractivity contribution in [1.82, 2.24) is 9.55 Å². The highest BCUT2D eigenvalue weighted by Crippen LogP contribution is 2.22. The Bertz CT molecular complexity index is 1250. The number of nitrogens with zero attached hydrogens (tertiary/aromatic N) is 2. The van der Waals surface area contributed by atoms with E-state index in [2.05, 4.69) is 16.9 Å². The molecule has 0 aliphatic heterocycles. The fraction of sp³-hybridized carbons (Fsp3) is 0.167. The molecule has 12 heteroatoms. The van der Waals surface area contributed by atoms with E-state index in [4.69, 9.17) is 0 Å². The number of allylic oxidation sites excluding steroid dienone is 1. The third kappa shape index (κ3) is 4.60. The first-order valence-electron chi connectivity index (χ1n) is 8.37. The van der Waals surface area contributed by atoms with Crippen molar-refractivity contribution >= 4 is 54.7 Å². The summed E-state index contributed by atoms with van der Waals surface area (Å²) in [6.07, 6.45) is 1.56. The molecule has 1 N–H and O–H groups in total. The van der Waals surface area contributed by atoms with Gasteiger partial charge in [0.2, 0.25) is 15.7 Å². The molecule has 0 radical (unpaired) electrons. The lowest BCUT2D eigenvalue weighted by molar-refractivity contribution is -0.113. The summed E-state index contributed by atoms with van der Waals surface area (Å²) in [4.78, 5) is 28.7. The Hall–Kier alpha value is -2.57. The zero-order valence-electron chi connectivity index (χ0n) is 15.2. The number of carbonyl (C=O) groups is 1. The van der Waals surface area contributed by atoms with Crippen LogP contribution >= 0.6 is 23.1 Å². The Morgan fingerprint density at radius 1 is 1.30 bits per heavy atom. The molecule has 0 aliphatic carbocycles. The van der Waals surface area contributed by atoms with E-state index in [-0.39, 0.29) is 23.5 Å². The van der Waals surface area contributed by atoms with Gasteiger partial charge in [-0.05, 0) is 35.7 Å². The fourth-order valence-electron chi connectivity index (χ4n) is 2.48. The zero-order valence-corrected chi connectivity index (χ0v) is 17.7. The number of thiophene rings is 1. The monoisotopic (exact) mass is 471 g/mol. The van der Waals surface area contributed by atoms with Gasteiger partial charge in [0.15, 0.2) is 5.16 Å². The molecule has 158 valence electrons. The van der Waals surface area contributed by atoms with Crippen LogP contribution in [0.3, 0.4) is 0 Å². The maximum absolute atomic E-state index is 12.6. The number of thioether (sulfide) groups is 1. The predicted octanol–water partition coefficient (Wildman–Crippen LogP) is 3.37. The van der Waals surface area contributed by atoms with Gasteiger partial charge in [-0.3, -0.25) is 14.2 Å². The number of carbonyl (C=O) groups excluding carboxylic acids is 1. The van der Waals surface area contributed by atoms with Crippen molar-refractivity contribution in [3.8, 4) is 0 Å². The Morgan fingerprint density at radius 2 is 2.00 bits per heavy atom. The van der Waals surface area contributed by atoms with E-state index >= 15 is 0 Å². The van der Waals surface area contributed by atoms with Gasteiger partial charge in [0.05, 0.1) is 16.2 Å². The Labute approximate surface area is 178 Å². The highest BCUT2D eigenvalue weighted by atomic mass is 32.2.